The zero-order valence-corrected chi connectivity index (χ0v) is 9.31. The maximum atomic E-state index is 10.3. The van der Waals surface area contributed by atoms with Crippen LogP contribution in [0.2, 0.25) is 0 Å². The average Bonchev–Trinajstić information content (AvgIpc) is 2.28. The SMILES string of the molecule is COc1ccccc1[C@@H](C)N/C=C/C(=O)O. The van der Waals surface area contributed by atoms with Gasteiger partial charge in [0.2, 0.25) is 0 Å². The quantitative estimate of drug-likeness (QED) is 0.746. The molecule has 16 heavy (non-hydrogen) atoms. The molecule has 2 N–H and O–H groups in total. The molecule has 0 saturated heterocycles. The smallest absolute Gasteiger partial charge is 0.329 e. The van der Waals surface area contributed by atoms with E-state index in [1.54, 1.807) is 7.11 Å². The first-order valence-electron chi connectivity index (χ1n) is 4.93. The van der Waals surface area contributed by atoms with Crippen LogP contribution in [0.4, 0.5) is 0 Å². The second-order valence-corrected chi connectivity index (χ2v) is 3.30. The molecule has 0 heterocycles. The number of para-hydroxylation sites is 1. The summed E-state index contributed by atoms with van der Waals surface area (Å²) in [6.45, 7) is 1.93. The Balaban J connectivity index is 2.72. The number of rotatable bonds is 5. The van der Waals surface area contributed by atoms with Gasteiger partial charge in [0.15, 0.2) is 0 Å². The highest BCUT2D eigenvalue weighted by Gasteiger charge is 2.08. The number of hydrogen-bond donors (Lipinski definition) is 2. The fourth-order valence-electron chi connectivity index (χ4n) is 1.38. The zero-order valence-electron chi connectivity index (χ0n) is 9.31. The number of methoxy groups -OCH3 is 1. The van der Waals surface area contributed by atoms with Gasteiger partial charge < -0.3 is 15.2 Å². The molecular formula is C12H15NO3. The molecular weight excluding hydrogens is 206 g/mol. The first kappa shape index (κ1) is 12.1. The van der Waals surface area contributed by atoms with Crippen LogP contribution >= 0.6 is 0 Å². The molecule has 4 nitrogen and oxygen atoms in total. The van der Waals surface area contributed by atoms with E-state index in [2.05, 4.69) is 5.32 Å². The Morgan fingerprint density at radius 2 is 2.19 bits per heavy atom. The third-order valence-corrected chi connectivity index (χ3v) is 2.18. The predicted octanol–water partition coefficient (Wildman–Crippen LogP) is 1.94. The summed E-state index contributed by atoms with van der Waals surface area (Å²) in [5.41, 5.74) is 0.986. The lowest BCUT2D eigenvalue weighted by atomic mass is 10.1. The van der Waals surface area contributed by atoms with Gasteiger partial charge in [-0.2, -0.15) is 0 Å². The van der Waals surface area contributed by atoms with Crippen LogP contribution < -0.4 is 10.1 Å². The molecule has 0 saturated carbocycles. The molecule has 1 atom stereocenters. The van der Waals surface area contributed by atoms with Crippen LogP contribution in [0.5, 0.6) is 5.75 Å². The number of hydrogen-bond acceptors (Lipinski definition) is 3. The Labute approximate surface area is 94.6 Å². The molecule has 86 valence electrons. The highest BCUT2D eigenvalue weighted by Crippen LogP contribution is 2.23. The van der Waals surface area contributed by atoms with Crippen molar-refractivity contribution in [3.63, 3.8) is 0 Å². The number of carboxylic acid groups (broad SMARTS) is 1. The molecule has 0 radical (unpaired) electrons. The molecule has 0 bridgehead atoms. The van der Waals surface area contributed by atoms with E-state index in [4.69, 9.17) is 9.84 Å². The van der Waals surface area contributed by atoms with E-state index in [-0.39, 0.29) is 6.04 Å². The topological polar surface area (TPSA) is 58.6 Å². The standard InChI is InChI=1S/C12H15NO3/c1-9(13-8-7-12(14)15)10-5-3-4-6-11(10)16-2/h3-9,13H,1-2H3,(H,14,15)/b8-7+/t9-/m1/s1. The predicted molar refractivity (Wildman–Crippen MR) is 61.3 cm³/mol. The van der Waals surface area contributed by atoms with Crippen molar-refractivity contribution in [2.24, 2.45) is 0 Å². The lowest BCUT2D eigenvalue weighted by Crippen LogP contribution is -2.13. The van der Waals surface area contributed by atoms with Gasteiger partial charge in [-0.1, -0.05) is 18.2 Å². The minimum Gasteiger partial charge on any atom is -0.496 e. The minimum absolute atomic E-state index is 0.00764. The first-order valence-corrected chi connectivity index (χ1v) is 4.93. The van der Waals surface area contributed by atoms with Crippen molar-refractivity contribution in [3.8, 4) is 5.75 Å². The zero-order chi connectivity index (χ0) is 12.0. The molecule has 4 heteroatoms. The monoisotopic (exact) mass is 221 g/mol. The summed E-state index contributed by atoms with van der Waals surface area (Å²) in [5.74, 6) is -0.189. The summed E-state index contributed by atoms with van der Waals surface area (Å²) in [5, 5.41) is 11.4. The van der Waals surface area contributed by atoms with Crippen LogP contribution in [0.25, 0.3) is 0 Å². The summed E-state index contributed by atoms with van der Waals surface area (Å²) < 4.78 is 5.21. The van der Waals surface area contributed by atoms with Crippen molar-refractivity contribution in [3.05, 3.63) is 42.1 Å². The van der Waals surface area contributed by atoms with Gasteiger partial charge in [0, 0.05) is 17.8 Å². The van der Waals surface area contributed by atoms with Crippen LogP contribution in [0, 0.1) is 0 Å². The number of carboxylic acids is 1. The molecule has 1 aromatic carbocycles. The van der Waals surface area contributed by atoms with Gasteiger partial charge in [0.1, 0.15) is 5.75 Å². The van der Waals surface area contributed by atoms with E-state index in [9.17, 15) is 4.79 Å². The normalized spacial score (nSPS) is 12.4. The molecule has 0 spiro atoms. The Bertz CT molecular complexity index is 388. The van der Waals surface area contributed by atoms with Crippen molar-refractivity contribution >= 4 is 5.97 Å². The van der Waals surface area contributed by atoms with E-state index in [0.29, 0.717) is 0 Å². The highest BCUT2D eigenvalue weighted by molar-refractivity contribution is 5.79. The van der Waals surface area contributed by atoms with Gasteiger partial charge in [0.25, 0.3) is 0 Å². The summed E-state index contributed by atoms with van der Waals surface area (Å²) in [6, 6.07) is 7.60. The third-order valence-electron chi connectivity index (χ3n) is 2.18. The molecule has 1 rings (SSSR count). The largest absolute Gasteiger partial charge is 0.496 e. The number of carbonyl (C=O) groups is 1. The van der Waals surface area contributed by atoms with Crippen LogP contribution in [0.1, 0.15) is 18.5 Å². The number of aliphatic carboxylic acids is 1. The van der Waals surface area contributed by atoms with E-state index < -0.39 is 5.97 Å². The maximum absolute atomic E-state index is 10.3. The van der Waals surface area contributed by atoms with E-state index in [1.807, 2.05) is 31.2 Å². The Kier molecular flexibility index (Phi) is 4.39. The van der Waals surface area contributed by atoms with Crippen molar-refractivity contribution < 1.29 is 14.6 Å². The lowest BCUT2D eigenvalue weighted by molar-refractivity contribution is -0.131. The molecule has 0 aromatic heterocycles. The molecule has 0 unspecified atom stereocenters. The second kappa shape index (κ2) is 5.80. The molecule has 0 fully saturated rings. The molecule has 1 aromatic rings. The molecule has 0 aliphatic carbocycles. The fraction of sp³-hybridized carbons (Fsp3) is 0.250. The van der Waals surface area contributed by atoms with Crippen LogP contribution in [-0.2, 0) is 4.79 Å². The highest BCUT2D eigenvalue weighted by atomic mass is 16.5. The van der Waals surface area contributed by atoms with E-state index >= 15 is 0 Å². The third kappa shape index (κ3) is 3.31. The maximum Gasteiger partial charge on any atom is 0.329 e. The summed E-state index contributed by atoms with van der Waals surface area (Å²) in [6.07, 6.45) is 2.48. The Hall–Kier alpha value is -1.97. The molecule has 0 aliphatic heterocycles. The average molecular weight is 221 g/mol. The fourth-order valence-corrected chi connectivity index (χ4v) is 1.38. The van der Waals surface area contributed by atoms with Gasteiger partial charge in [-0.15, -0.1) is 0 Å². The summed E-state index contributed by atoms with van der Waals surface area (Å²) in [7, 11) is 1.61. The van der Waals surface area contributed by atoms with Crippen molar-refractivity contribution in [2.75, 3.05) is 7.11 Å². The van der Waals surface area contributed by atoms with Gasteiger partial charge in [-0.3, -0.25) is 0 Å². The number of benzene rings is 1. The lowest BCUT2D eigenvalue weighted by Gasteiger charge is -2.15. The van der Waals surface area contributed by atoms with Gasteiger partial charge in [-0.05, 0) is 13.0 Å². The first-order chi connectivity index (χ1) is 7.65. The van der Waals surface area contributed by atoms with Crippen molar-refractivity contribution in [1.82, 2.24) is 5.32 Å². The van der Waals surface area contributed by atoms with Gasteiger partial charge in [0.05, 0.1) is 13.2 Å². The Morgan fingerprint density at radius 1 is 1.50 bits per heavy atom. The van der Waals surface area contributed by atoms with Crippen LogP contribution in [0.3, 0.4) is 0 Å². The van der Waals surface area contributed by atoms with Gasteiger partial charge >= 0.3 is 5.97 Å². The minimum atomic E-state index is -0.972. The van der Waals surface area contributed by atoms with Gasteiger partial charge in [-0.25, -0.2) is 4.79 Å². The van der Waals surface area contributed by atoms with Crippen molar-refractivity contribution in [2.45, 2.75) is 13.0 Å². The molecule has 0 aliphatic rings. The van der Waals surface area contributed by atoms with Crippen LogP contribution in [-0.4, -0.2) is 18.2 Å². The number of ether oxygens (including phenoxy) is 1. The Morgan fingerprint density at radius 3 is 2.81 bits per heavy atom. The summed E-state index contributed by atoms with van der Waals surface area (Å²) in [4.78, 5) is 10.3. The summed E-state index contributed by atoms with van der Waals surface area (Å²) >= 11 is 0. The van der Waals surface area contributed by atoms with Crippen molar-refractivity contribution in [1.29, 1.82) is 0 Å². The molecule has 0 amide bonds. The van der Waals surface area contributed by atoms with E-state index in [0.717, 1.165) is 17.4 Å². The number of nitrogens with one attached hydrogen (secondary N) is 1. The van der Waals surface area contributed by atoms with E-state index in [1.165, 1.54) is 6.20 Å². The second-order valence-electron chi connectivity index (χ2n) is 3.30. The van der Waals surface area contributed by atoms with Crippen LogP contribution in [0.15, 0.2) is 36.5 Å².